The van der Waals surface area contributed by atoms with Crippen molar-refractivity contribution < 1.29 is 0 Å². The van der Waals surface area contributed by atoms with Crippen LogP contribution in [0.15, 0.2) is 6.07 Å². The molecule has 3 nitrogen and oxygen atoms in total. The molecule has 1 aromatic rings. The lowest BCUT2D eigenvalue weighted by atomic mass is 10.1. The largest absolute Gasteiger partial charge is 0.389 e. The second-order valence-electron chi connectivity index (χ2n) is 4.46. The van der Waals surface area contributed by atoms with E-state index in [2.05, 4.69) is 10.3 Å². The van der Waals surface area contributed by atoms with Gasteiger partial charge in [-0.1, -0.05) is 12.2 Å². The summed E-state index contributed by atoms with van der Waals surface area (Å²) in [5.41, 5.74) is 9.57. The van der Waals surface area contributed by atoms with Crippen LogP contribution in [0.4, 0.5) is 5.69 Å². The minimum Gasteiger partial charge on any atom is -0.389 e. The average molecular weight is 235 g/mol. The normalized spacial score (nSPS) is 14.9. The van der Waals surface area contributed by atoms with Crippen molar-refractivity contribution >= 4 is 22.9 Å². The van der Waals surface area contributed by atoms with Crippen LogP contribution in [0.25, 0.3) is 0 Å². The van der Waals surface area contributed by atoms with Crippen molar-refractivity contribution in [1.29, 1.82) is 0 Å². The smallest absolute Gasteiger partial charge is 0.107 e. The van der Waals surface area contributed by atoms with Gasteiger partial charge in [0.15, 0.2) is 0 Å². The van der Waals surface area contributed by atoms with Crippen molar-refractivity contribution in [3.63, 3.8) is 0 Å². The summed E-state index contributed by atoms with van der Waals surface area (Å²) >= 11 is 5.07. The van der Waals surface area contributed by atoms with E-state index in [0.717, 1.165) is 35.1 Å². The third-order valence-electron chi connectivity index (χ3n) is 2.85. The van der Waals surface area contributed by atoms with Gasteiger partial charge >= 0.3 is 0 Å². The number of nitrogens with one attached hydrogen (secondary N) is 1. The second kappa shape index (κ2) is 4.37. The summed E-state index contributed by atoms with van der Waals surface area (Å²) in [4.78, 5) is 4.81. The quantitative estimate of drug-likeness (QED) is 0.785. The lowest BCUT2D eigenvalue weighted by Gasteiger charge is -2.13. The summed E-state index contributed by atoms with van der Waals surface area (Å²) in [6.45, 7) is 4.95. The van der Waals surface area contributed by atoms with Crippen molar-refractivity contribution in [3.05, 3.63) is 23.0 Å². The average Bonchev–Trinajstić information content (AvgIpc) is 2.95. The van der Waals surface area contributed by atoms with E-state index in [9.17, 15) is 0 Å². The van der Waals surface area contributed by atoms with Crippen molar-refractivity contribution in [2.75, 3.05) is 11.9 Å². The minimum absolute atomic E-state index is 0.420. The standard InChI is InChI=1S/C12H17N3S/c1-7-5-10(14-6-9-3-4-9)11(12(13)16)8(2)15-7/h5,9H,3-4,6H2,1-2H3,(H2,13,16)(H,14,15). The fourth-order valence-corrected chi connectivity index (χ4v) is 2.11. The molecular weight excluding hydrogens is 218 g/mol. The zero-order valence-corrected chi connectivity index (χ0v) is 10.5. The molecule has 1 fully saturated rings. The summed E-state index contributed by atoms with van der Waals surface area (Å²) in [7, 11) is 0. The molecule has 0 atom stereocenters. The highest BCUT2D eigenvalue weighted by molar-refractivity contribution is 7.80. The lowest BCUT2D eigenvalue weighted by molar-refractivity contribution is 0.887. The maximum Gasteiger partial charge on any atom is 0.107 e. The Morgan fingerprint density at radius 3 is 2.81 bits per heavy atom. The Kier molecular flexibility index (Phi) is 3.10. The predicted octanol–water partition coefficient (Wildman–Crippen LogP) is 2.15. The maximum absolute atomic E-state index is 5.74. The first-order chi connectivity index (χ1) is 7.58. The van der Waals surface area contributed by atoms with E-state index in [1.807, 2.05) is 19.9 Å². The van der Waals surface area contributed by atoms with E-state index in [1.54, 1.807) is 0 Å². The first kappa shape index (κ1) is 11.3. The molecule has 16 heavy (non-hydrogen) atoms. The van der Waals surface area contributed by atoms with E-state index < -0.39 is 0 Å². The Balaban J connectivity index is 2.27. The molecular formula is C12H17N3S. The highest BCUT2D eigenvalue weighted by atomic mass is 32.1. The van der Waals surface area contributed by atoms with Crippen molar-refractivity contribution in [1.82, 2.24) is 4.98 Å². The van der Waals surface area contributed by atoms with Gasteiger partial charge in [-0.3, -0.25) is 4.98 Å². The summed E-state index contributed by atoms with van der Waals surface area (Å²) in [6, 6.07) is 2.02. The van der Waals surface area contributed by atoms with E-state index in [0.29, 0.717) is 4.99 Å². The molecule has 0 bridgehead atoms. The minimum atomic E-state index is 0.420. The zero-order valence-electron chi connectivity index (χ0n) is 9.71. The monoisotopic (exact) mass is 235 g/mol. The molecule has 1 aromatic heterocycles. The first-order valence-electron chi connectivity index (χ1n) is 5.60. The number of anilines is 1. The summed E-state index contributed by atoms with van der Waals surface area (Å²) < 4.78 is 0. The Morgan fingerprint density at radius 1 is 1.56 bits per heavy atom. The fraction of sp³-hybridized carbons (Fsp3) is 0.500. The van der Waals surface area contributed by atoms with E-state index >= 15 is 0 Å². The van der Waals surface area contributed by atoms with Crippen molar-refractivity contribution in [2.45, 2.75) is 26.7 Å². The summed E-state index contributed by atoms with van der Waals surface area (Å²) in [6.07, 6.45) is 2.66. The molecule has 1 heterocycles. The molecule has 0 spiro atoms. The number of rotatable bonds is 4. The van der Waals surface area contributed by atoms with E-state index in [4.69, 9.17) is 18.0 Å². The summed E-state index contributed by atoms with van der Waals surface area (Å²) in [5.74, 6) is 0.827. The van der Waals surface area contributed by atoms with Gasteiger partial charge in [-0.05, 0) is 38.7 Å². The number of hydrogen-bond acceptors (Lipinski definition) is 3. The van der Waals surface area contributed by atoms with Gasteiger partial charge < -0.3 is 11.1 Å². The third kappa shape index (κ3) is 2.50. The molecule has 0 saturated heterocycles. The van der Waals surface area contributed by atoms with Gasteiger partial charge in [-0.2, -0.15) is 0 Å². The lowest BCUT2D eigenvalue weighted by Crippen LogP contribution is -2.17. The topological polar surface area (TPSA) is 50.9 Å². The third-order valence-corrected chi connectivity index (χ3v) is 3.06. The second-order valence-corrected chi connectivity index (χ2v) is 4.90. The van der Waals surface area contributed by atoms with Gasteiger partial charge in [-0.25, -0.2) is 0 Å². The number of hydrogen-bond donors (Lipinski definition) is 2. The van der Waals surface area contributed by atoms with Gasteiger partial charge in [0, 0.05) is 23.6 Å². The summed E-state index contributed by atoms with van der Waals surface area (Å²) in [5, 5.41) is 3.43. The highest BCUT2D eigenvalue weighted by Gasteiger charge is 2.21. The molecule has 0 aliphatic heterocycles. The van der Waals surface area contributed by atoms with Crippen LogP contribution in [0.5, 0.6) is 0 Å². The van der Waals surface area contributed by atoms with Gasteiger partial charge in [-0.15, -0.1) is 0 Å². The SMILES string of the molecule is Cc1cc(NCC2CC2)c(C(N)=S)c(C)n1. The van der Waals surface area contributed by atoms with Crippen LogP contribution in [0.3, 0.4) is 0 Å². The van der Waals surface area contributed by atoms with E-state index in [-0.39, 0.29) is 0 Å². The highest BCUT2D eigenvalue weighted by Crippen LogP contribution is 2.30. The Bertz CT molecular complexity index is 425. The molecule has 0 unspecified atom stereocenters. The zero-order chi connectivity index (χ0) is 11.7. The molecule has 0 amide bonds. The van der Waals surface area contributed by atoms with Gasteiger partial charge in [0.25, 0.3) is 0 Å². The number of aromatic nitrogens is 1. The molecule has 0 aromatic carbocycles. The molecule has 4 heteroatoms. The Hall–Kier alpha value is -1.16. The molecule has 1 aliphatic carbocycles. The number of aryl methyl sites for hydroxylation is 2. The van der Waals surface area contributed by atoms with Crippen LogP contribution in [-0.2, 0) is 0 Å². The molecule has 86 valence electrons. The number of pyridine rings is 1. The first-order valence-corrected chi connectivity index (χ1v) is 6.00. The van der Waals surface area contributed by atoms with E-state index in [1.165, 1.54) is 12.8 Å². The molecule has 2 rings (SSSR count). The van der Waals surface area contributed by atoms with Crippen molar-refractivity contribution in [3.8, 4) is 0 Å². The van der Waals surface area contributed by atoms with Crippen LogP contribution in [0.2, 0.25) is 0 Å². The molecule has 3 N–H and O–H groups in total. The fourth-order valence-electron chi connectivity index (χ4n) is 1.86. The molecule has 1 aliphatic rings. The number of nitrogens with two attached hydrogens (primary N) is 1. The molecule has 1 saturated carbocycles. The number of nitrogens with zero attached hydrogens (tertiary/aromatic N) is 1. The van der Waals surface area contributed by atoms with Gasteiger partial charge in [0.2, 0.25) is 0 Å². The van der Waals surface area contributed by atoms with Crippen LogP contribution in [0, 0.1) is 19.8 Å². The van der Waals surface area contributed by atoms with Crippen LogP contribution in [0.1, 0.15) is 29.8 Å². The van der Waals surface area contributed by atoms with Crippen LogP contribution >= 0.6 is 12.2 Å². The van der Waals surface area contributed by atoms with Crippen LogP contribution < -0.4 is 11.1 Å². The Labute approximate surface area is 101 Å². The number of thiocarbonyl (C=S) groups is 1. The van der Waals surface area contributed by atoms with Gasteiger partial charge in [0.05, 0.1) is 5.56 Å². The predicted molar refractivity (Wildman–Crippen MR) is 70.8 cm³/mol. The Morgan fingerprint density at radius 2 is 2.25 bits per heavy atom. The molecule has 0 radical (unpaired) electrons. The van der Waals surface area contributed by atoms with Crippen molar-refractivity contribution in [2.24, 2.45) is 11.7 Å². The van der Waals surface area contributed by atoms with Crippen LogP contribution in [-0.4, -0.2) is 16.5 Å². The maximum atomic E-state index is 5.74. The van der Waals surface area contributed by atoms with Gasteiger partial charge in [0.1, 0.15) is 4.99 Å².